The highest BCUT2D eigenvalue weighted by Crippen LogP contribution is 2.66. The molecule has 448 valence electrons. The zero-order valence-electron chi connectivity index (χ0n) is 50.4. The lowest BCUT2D eigenvalue weighted by Gasteiger charge is -2.64. The topological polar surface area (TPSA) is 242 Å². The Morgan fingerprint density at radius 2 is 1.01 bits per heavy atom. The van der Waals surface area contributed by atoms with Crippen LogP contribution >= 0.6 is 0 Å². The third-order valence-corrected chi connectivity index (χ3v) is 19.9. The van der Waals surface area contributed by atoms with Crippen molar-refractivity contribution >= 4 is 48.5 Å². The van der Waals surface area contributed by atoms with E-state index in [-0.39, 0.29) is 64.7 Å². The van der Waals surface area contributed by atoms with E-state index in [0.29, 0.717) is 89.3 Å². The number of aliphatic hydroxyl groups excluding tert-OH is 1. The van der Waals surface area contributed by atoms with Crippen molar-refractivity contribution < 1.29 is 48.0 Å². The summed E-state index contributed by atoms with van der Waals surface area (Å²) in [6.45, 7) is 21.6. The van der Waals surface area contributed by atoms with E-state index < -0.39 is 60.6 Å². The molecule has 7 amide bonds. The number of unbranched alkanes of at least 4 members (excludes halogenated alkanes) is 6. The fourth-order valence-electron chi connectivity index (χ4n) is 15.2. The van der Waals surface area contributed by atoms with Gasteiger partial charge in [0.1, 0.15) is 18.1 Å². The van der Waals surface area contributed by atoms with Crippen LogP contribution in [-0.4, -0.2) is 115 Å². The van der Waals surface area contributed by atoms with E-state index >= 15 is 0 Å². The molecule has 18 heteroatoms. The van der Waals surface area contributed by atoms with Crippen molar-refractivity contribution in [3.63, 3.8) is 0 Å². The van der Waals surface area contributed by atoms with E-state index in [0.717, 1.165) is 69.1 Å². The van der Waals surface area contributed by atoms with Crippen molar-refractivity contribution in [3.05, 3.63) is 0 Å². The molecule has 1 heterocycles. The summed E-state index contributed by atoms with van der Waals surface area (Å²) < 4.78 is 13.3. The molecule has 8 fully saturated rings. The van der Waals surface area contributed by atoms with Gasteiger partial charge in [-0.1, -0.05) is 87.5 Å². The number of carbonyl (C=O) groups is 7. The molecule has 0 aromatic heterocycles. The highest BCUT2D eigenvalue weighted by molar-refractivity contribution is 6.48. The smallest absolute Gasteiger partial charge is 0.404 e. The second kappa shape index (κ2) is 29.5. The quantitative estimate of drug-likeness (QED) is 0.0232. The van der Waals surface area contributed by atoms with E-state index in [1.165, 1.54) is 45.4 Å². The maximum Gasteiger partial charge on any atom is 0.481 e. The summed E-state index contributed by atoms with van der Waals surface area (Å²) in [6, 6.07) is -3.29. The molecule has 11 atom stereocenters. The second-order valence-electron chi connectivity index (χ2n) is 27.2. The fourth-order valence-corrected chi connectivity index (χ4v) is 15.2. The minimum absolute atomic E-state index is 0.0196. The summed E-state index contributed by atoms with van der Waals surface area (Å²) in [5.74, 6) is 0.806. The monoisotopic (exact) mass is 1110 g/mol. The average molecular weight is 1110 g/mol. The van der Waals surface area contributed by atoms with Crippen LogP contribution in [0.5, 0.6) is 0 Å². The fraction of sp³-hybridized carbons (Fsp3) is 0.885. The van der Waals surface area contributed by atoms with Gasteiger partial charge in [-0.15, -0.1) is 0 Å². The zero-order chi connectivity index (χ0) is 57.7. The molecule has 1 unspecified atom stereocenters. The Morgan fingerprint density at radius 1 is 0.557 bits per heavy atom. The molecule has 1 saturated heterocycles. The molecule has 79 heavy (non-hydrogen) atoms. The highest BCUT2D eigenvalue weighted by atomic mass is 16.7. The number of aliphatic hydroxyl groups is 1. The average Bonchev–Trinajstić information content (AvgIpc) is 4.01. The molecule has 6 bridgehead atoms. The molecule has 8 rings (SSSR count). The van der Waals surface area contributed by atoms with E-state index in [1.807, 2.05) is 27.7 Å². The summed E-state index contributed by atoms with van der Waals surface area (Å²) in [6.07, 6.45) is 19.0. The van der Waals surface area contributed by atoms with Gasteiger partial charge in [0.2, 0.25) is 41.4 Å². The Labute approximate surface area is 474 Å². The summed E-state index contributed by atoms with van der Waals surface area (Å²) in [4.78, 5) is 93.1. The number of amides is 7. The van der Waals surface area contributed by atoms with E-state index in [4.69, 9.17) is 9.31 Å². The van der Waals surface area contributed by atoms with Gasteiger partial charge in [-0.05, 0) is 168 Å². The summed E-state index contributed by atoms with van der Waals surface area (Å²) in [7, 11) is -0.683. The standard InChI is InChI=1S/C61H106BN7O10/c1-11-39(5)53(56(75)68-54(40(6)12-2)57(76)69-55(41(7)70)58(77)66-48(28-38(3)4)62-78-47-33-45-32-46(59(45,8)9)60(47,10)79-62)67-51(73)24-18-15-20-26-64-49(71)22-16-13-19-25-63-50(72)23-17-14-21-27-65-52(74)37-61-34-42-29-43(35-61)31-44(30-42)36-61/h38-48,53-55,70H,11-37H2,1-10H3,(H,63,72)(H,64,71)(H,65,74)(H,66,77)(H,67,73)(H,68,75)(H,69,76)/t39-,40-,41+,42?,43?,44?,45-,46-,47?,48-,53-,54-,55-,60-,61?/m0/s1. The maximum atomic E-state index is 14.1. The van der Waals surface area contributed by atoms with Gasteiger partial charge in [0.25, 0.3) is 0 Å². The molecule has 0 aromatic rings. The lowest BCUT2D eigenvalue weighted by molar-refractivity contribution is -0.199. The molecule has 7 aliphatic carbocycles. The van der Waals surface area contributed by atoms with Crippen LogP contribution in [0, 0.1) is 58.2 Å². The highest BCUT2D eigenvalue weighted by Gasteiger charge is 2.68. The summed E-state index contributed by atoms with van der Waals surface area (Å²) >= 11 is 0. The molecule has 0 spiro atoms. The van der Waals surface area contributed by atoms with Gasteiger partial charge in [0.15, 0.2) is 0 Å². The van der Waals surface area contributed by atoms with Gasteiger partial charge in [-0.3, -0.25) is 33.6 Å². The van der Waals surface area contributed by atoms with Gasteiger partial charge in [-0.2, -0.15) is 0 Å². The molecule has 8 N–H and O–H groups in total. The van der Waals surface area contributed by atoms with Crippen LogP contribution in [0.25, 0.3) is 0 Å². The minimum atomic E-state index is -1.33. The predicted octanol–water partition coefficient (Wildman–Crippen LogP) is 7.35. The Morgan fingerprint density at radius 3 is 1.48 bits per heavy atom. The lowest BCUT2D eigenvalue weighted by atomic mass is 9.43. The number of rotatable bonds is 35. The molecular formula is C61H106BN7O10. The van der Waals surface area contributed by atoms with Crippen molar-refractivity contribution in [2.24, 2.45) is 58.2 Å². The molecule has 0 aromatic carbocycles. The number of hydrogen-bond acceptors (Lipinski definition) is 10. The first-order chi connectivity index (χ1) is 37.5. The third-order valence-electron chi connectivity index (χ3n) is 19.9. The van der Waals surface area contributed by atoms with Crippen LogP contribution in [0.1, 0.15) is 223 Å². The molecule has 7 saturated carbocycles. The molecule has 0 radical (unpaired) electrons. The molecule has 8 aliphatic rings. The predicted molar refractivity (Wildman–Crippen MR) is 308 cm³/mol. The van der Waals surface area contributed by atoms with Gasteiger partial charge in [-0.25, -0.2) is 0 Å². The van der Waals surface area contributed by atoms with Gasteiger partial charge in [0.05, 0.1) is 23.8 Å². The van der Waals surface area contributed by atoms with Crippen LogP contribution in [-0.2, 0) is 42.9 Å². The van der Waals surface area contributed by atoms with Crippen LogP contribution in [0.2, 0.25) is 0 Å². The van der Waals surface area contributed by atoms with Crippen LogP contribution in [0.4, 0.5) is 0 Å². The van der Waals surface area contributed by atoms with Gasteiger partial charge in [0, 0.05) is 45.3 Å². The zero-order valence-corrected chi connectivity index (χ0v) is 50.4. The molecular weight excluding hydrogens is 1000 g/mol. The SMILES string of the molecule is CC[C@H](C)[C@H](NC(=O)CCCCCNC(=O)CCCCCNC(=O)CCCCCNC(=O)CC12CC3CC(CC(C3)C1)C2)C(=O)N[C@H](C(=O)N[C@H](C(=O)N[C@@H](CC(C)C)B1OC2C[C@@H]3C[C@@H](C3(C)C)[C@]2(C)O1)[C@@H](C)O)[C@@H](C)CC. The maximum absolute atomic E-state index is 14.1. The van der Waals surface area contributed by atoms with Crippen LogP contribution in [0.15, 0.2) is 0 Å². The van der Waals surface area contributed by atoms with Crippen molar-refractivity contribution in [1.82, 2.24) is 37.2 Å². The Bertz CT molecular complexity index is 2020. The minimum Gasteiger partial charge on any atom is -0.404 e. The number of carbonyl (C=O) groups excluding carboxylic acids is 7. The van der Waals surface area contributed by atoms with Crippen LogP contribution < -0.4 is 37.2 Å². The van der Waals surface area contributed by atoms with Crippen molar-refractivity contribution in [1.29, 1.82) is 0 Å². The van der Waals surface area contributed by atoms with E-state index in [1.54, 1.807) is 0 Å². The number of hydrogen-bond donors (Lipinski definition) is 8. The van der Waals surface area contributed by atoms with Crippen LogP contribution in [0.3, 0.4) is 0 Å². The van der Waals surface area contributed by atoms with E-state index in [2.05, 4.69) is 71.8 Å². The third kappa shape index (κ3) is 17.6. The Balaban J connectivity index is 0.814. The van der Waals surface area contributed by atoms with Crippen molar-refractivity contribution in [2.45, 2.75) is 265 Å². The van der Waals surface area contributed by atoms with E-state index in [9.17, 15) is 38.7 Å². The first-order valence-electron chi connectivity index (χ1n) is 31.5. The van der Waals surface area contributed by atoms with Crippen molar-refractivity contribution in [3.8, 4) is 0 Å². The van der Waals surface area contributed by atoms with Gasteiger partial charge < -0.3 is 51.6 Å². The molecule has 1 aliphatic heterocycles. The van der Waals surface area contributed by atoms with Crippen molar-refractivity contribution in [2.75, 3.05) is 19.6 Å². The Hall–Kier alpha value is -3.77. The Kier molecular flexibility index (Phi) is 24.0. The normalized spacial score (nSPS) is 28.7. The first-order valence-corrected chi connectivity index (χ1v) is 31.5. The largest absolute Gasteiger partial charge is 0.481 e. The first kappa shape index (κ1) is 64.4. The molecule has 17 nitrogen and oxygen atoms in total. The summed E-state index contributed by atoms with van der Waals surface area (Å²) in [5, 5.41) is 31.7. The van der Waals surface area contributed by atoms with Gasteiger partial charge >= 0.3 is 7.12 Å². The summed E-state index contributed by atoms with van der Waals surface area (Å²) in [5.41, 5.74) is -0.0539. The second-order valence-corrected chi connectivity index (χ2v) is 27.2. The lowest BCUT2D eigenvalue weighted by Crippen LogP contribution is -2.65. The number of nitrogens with one attached hydrogen (secondary N) is 7.